The summed E-state index contributed by atoms with van der Waals surface area (Å²) in [5.41, 5.74) is 0.146. The van der Waals surface area contributed by atoms with Crippen molar-refractivity contribution in [2.24, 2.45) is 5.92 Å². The average molecular weight is 488 g/mol. The highest BCUT2D eigenvalue weighted by molar-refractivity contribution is 7.98. The first-order valence-electron chi connectivity index (χ1n) is 10.3. The van der Waals surface area contributed by atoms with Crippen molar-refractivity contribution in [3.63, 3.8) is 0 Å². The van der Waals surface area contributed by atoms with Crippen LogP contribution in [0, 0.1) is 17.6 Å². The zero-order valence-corrected chi connectivity index (χ0v) is 19.5. The quantitative estimate of drug-likeness (QED) is 0.330. The molecule has 176 valence electrons. The molecule has 0 amide bonds. The van der Waals surface area contributed by atoms with E-state index in [0.29, 0.717) is 31.2 Å². The normalized spacial score (nSPS) is 15.4. The van der Waals surface area contributed by atoms with E-state index >= 15 is 0 Å². The Balaban J connectivity index is 1.84. The van der Waals surface area contributed by atoms with Crippen molar-refractivity contribution in [2.75, 3.05) is 29.7 Å². The van der Waals surface area contributed by atoms with Gasteiger partial charge in [0.25, 0.3) is 0 Å². The number of benzene rings is 1. The van der Waals surface area contributed by atoms with Crippen molar-refractivity contribution < 1.29 is 22.3 Å². The van der Waals surface area contributed by atoms with Crippen molar-refractivity contribution in [1.82, 2.24) is 14.3 Å². The fraction of sp³-hybridized carbons (Fsp3) is 0.500. The summed E-state index contributed by atoms with van der Waals surface area (Å²) >= 11 is 1.05. The number of aliphatic hydroxyl groups is 1. The lowest BCUT2D eigenvalue weighted by molar-refractivity contribution is 0.259. The van der Waals surface area contributed by atoms with Crippen LogP contribution < -0.4 is 10.0 Å². The van der Waals surface area contributed by atoms with Gasteiger partial charge in [0, 0.05) is 30.5 Å². The van der Waals surface area contributed by atoms with Crippen LogP contribution in [0.3, 0.4) is 0 Å². The topological polar surface area (TPSA) is 107 Å². The largest absolute Gasteiger partial charge is 0.394 e. The molecule has 0 spiro atoms. The summed E-state index contributed by atoms with van der Waals surface area (Å²) in [6.45, 7) is 4.78. The van der Waals surface area contributed by atoms with Crippen LogP contribution in [-0.4, -0.2) is 53.5 Å². The number of hydrogen-bond acceptors (Lipinski definition) is 7. The van der Waals surface area contributed by atoms with Gasteiger partial charge in [0.05, 0.1) is 12.6 Å². The van der Waals surface area contributed by atoms with Crippen molar-refractivity contribution in [3.8, 4) is 0 Å². The first kappa shape index (κ1) is 24.6. The van der Waals surface area contributed by atoms with Gasteiger partial charge in [0.1, 0.15) is 11.6 Å². The molecule has 2 aromatic rings. The summed E-state index contributed by atoms with van der Waals surface area (Å²) in [6, 6.07) is 5.08. The Morgan fingerprint density at radius 1 is 1.22 bits per heavy atom. The zero-order valence-electron chi connectivity index (χ0n) is 17.9. The predicted molar refractivity (Wildman–Crippen MR) is 121 cm³/mol. The van der Waals surface area contributed by atoms with Crippen molar-refractivity contribution in [2.45, 2.75) is 43.6 Å². The molecule has 1 aliphatic heterocycles. The van der Waals surface area contributed by atoms with E-state index in [0.717, 1.165) is 24.2 Å². The van der Waals surface area contributed by atoms with Crippen LogP contribution >= 0.6 is 11.8 Å². The lowest BCUT2D eigenvalue weighted by Gasteiger charge is -2.29. The molecule has 32 heavy (non-hydrogen) atoms. The molecule has 1 atom stereocenters. The monoisotopic (exact) mass is 487 g/mol. The molecule has 3 rings (SSSR count). The minimum Gasteiger partial charge on any atom is -0.394 e. The maximum atomic E-state index is 14.0. The third-order valence-electron chi connectivity index (χ3n) is 4.81. The Labute approximate surface area is 191 Å². The SMILES string of the molecule is CC(C)C[C@H](CO)Nc1cc(NS(=O)(=O)N2CCC2)nc(SCc2cccc(F)c2F)n1. The highest BCUT2D eigenvalue weighted by atomic mass is 32.2. The maximum Gasteiger partial charge on any atom is 0.302 e. The molecule has 0 aliphatic carbocycles. The lowest BCUT2D eigenvalue weighted by Crippen LogP contribution is -2.45. The number of halogens is 2. The summed E-state index contributed by atoms with van der Waals surface area (Å²) in [5.74, 6) is -1.13. The van der Waals surface area contributed by atoms with Gasteiger partial charge in [-0.15, -0.1) is 0 Å². The smallest absolute Gasteiger partial charge is 0.302 e. The van der Waals surface area contributed by atoms with E-state index in [1.165, 1.54) is 22.5 Å². The maximum absolute atomic E-state index is 14.0. The second-order valence-electron chi connectivity index (χ2n) is 7.94. The summed E-state index contributed by atoms with van der Waals surface area (Å²) < 4.78 is 56.2. The number of nitrogens with zero attached hydrogens (tertiary/aromatic N) is 3. The summed E-state index contributed by atoms with van der Waals surface area (Å²) in [5, 5.41) is 13.0. The van der Waals surface area contributed by atoms with Gasteiger partial charge < -0.3 is 10.4 Å². The highest BCUT2D eigenvalue weighted by Crippen LogP contribution is 2.26. The molecule has 3 N–H and O–H groups in total. The van der Waals surface area contributed by atoms with E-state index in [9.17, 15) is 22.3 Å². The van der Waals surface area contributed by atoms with E-state index in [4.69, 9.17) is 0 Å². The molecule has 1 saturated heterocycles. The number of aromatic nitrogens is 2. The Kier molecular flexibility index (Phi) is 8.26. The van der Waals surface area contributed by atoms with Crippen LogP contribution in [0.5, 0.6) is 0 Å². The standard InChI is InChI=1S/C20H27F2N5O3S2/c1-13(2)9-15(11-28)23-17-10-18(26-32(29,30)27-7-4-8-27)25-20(24-17)31-12-14-5-3-6-16(21)19(14)22/h3,5-6,10,13,15,28H,4,7-9,11-12H2,1-2H3,(H2,23,24,25,26)/t15-/m1/s1. The number of aliphatic hydroxyl groups excluding tert-OH is 1. The van der Waals surface area contributed by atoms with Gasteiger partial charge in [-0.25, -0.2) is 18.7 Å². The zero-order chi connectivity index (χ0) is 23.3. The van der Waals surface area contributed by atoms with E-state index in [2.05, 4.69) is 20.0 Å². The first-order valence-corrected chi connectivity index (χ1v) is 12.7. The Hall–Kier alpha value is -2.02. The van der Waals surface area contributed by atoms with Gasteiger partial charge in [0.15, 0.2) is 16.8 Å². The minimum absolute atomic E-state index is 0.0536. The molecular formula is C20H27F2N5O3S2. The third-order valence-corrected chi connectivity index (χ3v) is 7.22. The van der Waals surface area contributed by atoms with Crippen LogP contribution in [0.4, 0.5) is 20.4 Å². The summed E-state index contributed by atoms with van der Waals surface area (Å²) in [6.07, 6.45) is 1.47. The molecule has 2 heterocycles. The Morgan fingerprint density at radius 2 is 1.94 bits per heavy atom. The molecule has 1 aromatic carbocycles. The van der Waals surface area contributed by atoms with Gasteiger partial charge in [-0.3, -0.25) is 4.72 Å². The number of hydrogen-bond donors (Lipinski definition) is 3. The summed E-state index contributed by atoms with van der Waals surface area (Å²) in [7, 11) is -3.75. The van der Waals surface area contributed by atoms with Crippen molar-refractivity contribution in [3.05, 3.63) is 41.5 Å². The van der Waals surface area contributed by atoms with Gasteiger partial charge in [-0.05, 0) is 24.8 Å². The predicted octanol–water partition coefficient (Wildman–Crippen LogP) is 3.23. The first-order chi connectivity index (χ1) is 15.2. The van der Waals surface area contributed by atoms with Crippen LogP contribution in [0.2, 0.25) is 0 Å². The van der Waals surface area contributed by atoms with E-state index in [1.54, 1.807) is 0 Å². The number of rotatable bonds is 11. The molecule has 0 saturated carbocycles. The average Bonchev–Trinajstić information content (AvgIpc) is 2.66. The minimum atomic E-state index is -3.75. The van der Waals surface area contributed by atoms with Crippen LogP contribution in [0.15, 0.2) is 29.4 Å². The van der Waals surface area contributed by atoms with Gasteiger partial charge in [-0.1, -0.05) is 37.7 Å². The third kappa shape index (κ3) is 6.50. The van der Waals surface area contributed by atoms with Crippen molar-refractivity contribution >= 4 is 33.6 Å². The highest BCUT2D eigenvalue weighted by Gasteiger charge is 2.28. The molecule has 8 nitrogen and oxygen atoms in total. The summed E-state index contributed by atoms with van der Waals surface area (Å²) in [4.78, 5) is 8.61. The molecule has 1 aliphatic rings. The van der Waals surface area contributed by atoms with Crippen LogP contribution in [0.1, 0.15) is 32.3 Å². The van der Waals surface area contributed by atoms with Crippen molar-refractivity contribution in [1.29, 1.82) is 0 Å². The lowest BCUT2D eigenvalue weighted by atomic mass is 10.0. The van der Waals surface area contributed by atoms with E-state index in [1.807, 2.05) is 13.8 Å². The van der Waals surface area contributed by atoms with Gasteiger partial charge in [0.2, 0.25) is 0 Å². The molecule has 12 heteroatoms. The molecule has 0 bridgehead atoms. The number of anilines is 2. The Bertz CT molecular complexity index is 1040. The van der Waals surface area contributed by atoms with E-state index in [-0.39, 0.29) is 34.9 Å². The van der Waals surface area contributed by atoms with Gasteiger partial charge in [-0.2, -0.15) is 12.7 Å². The molecule has 1 aromatic heterocycles. The van der Waals surface area contributed by atoms with E-state index < -0.39 is 21.8 Å². The fourth-order valence-corrected chi connectivity index (χ4v) is 5.17. The fourth-order valence-electron chi connectivity index (χ4n) is 3.10. The number of nitrogens with one attached hydrogen (secondary N) is 2. The second kappa shape index (κ2) is 10.7. The molecule has 1 fully saturated rings. The Morgan fingerprint density at radius 3 is 2.56 bits per heavy atom. The molecule has 0 unspecified atom stereocenters. The van der Waals surface area contributed by atoms with Crippen LogP contribution in [-0.2, 0) is 16.0 Å². The number of thioether (sulfide) groups is 1. The van der Waals surface area contributed by atoms with Crippen LogP contribution in [0.25, 0.3) is 0 Å². The molecule has 0 radical (unpaired) electrons. The second-order valence-corrected chi connectivity index (χ2v) is 10.5. The molecular weight excluding hydrogens is 460 g/mol. The van der Waals surface area contributed by atoms with Gasteiger partial charge >= 0.3 is 10.2 Å².